The predicted molar refractivity (Wildman–Crippen MR) is 241 cm³/mol. The van der Waals surface area contributed by atoms with Crippen molar-refractivity contribution in [2.24, 2.45) is 0 Å². The Bertz CT molecular complexity index is 3450. The molecule has 3 heterocycles. The van der Waals surface area contributed by atoms with Gasteiger partial charge in [-0.25, -0.2) is 4.98 Å². The van der Waals surface area contributed by atoms with Crippen LogP contribution in [0.1, 0.15) is 25.0 Å². The van der Waals surface area contributed by atoms with E-state index < -0.39 is 0 Å². The maximum atomic E-state index is 6.67. The van der Waals surface area contributed by atoms with Crippen molar-refractivity contribution in [3.63, 3.8) is 0 Å². The molecule has 0 spiro atoms. The molecule has 5 heteroatoms. The summed E-state index contributed by atoms with van der Waals surface area (Å²) in [6.45, 7) is 4.62. The monoisotopic (exact) mass is 756 g/mol. The summed E-state index contributed by atoms with van der Waals surface area (Å²) in [5, 5.41) is 4.49. The van der Waals surface area contributed by atoms with Gasteiger partial charge in [0.1, 0.15) is 11.2 Å². The van der Waals surface area contributed by atoms with Gasteiger partial charge in [-0.05, 0) is 74.8 Å². The third-order valence-corrected chi connectivity index (χ3v) is 12.3. The molecule has 11 aromatic rings. The normalized spacial score (nSPS) is 13.1. The summed E-state index contributed by atoms with van der Waals surface area (Å²) < 4.78 is 8.87. The number of furan rings is 1. The summed E-state index contributed by atoms with van der Waals surface area (Å²) in [7, 11) is 0. The van der Waals surface area contributed by atoms with E-state index in [1.807, 2.05) is 24.3 Å². The Hall–Kier alpha value is -7.63. The van der Waals surface area contributed by atoms with E-state index in [9.17, 15) is 0 Å². The number of aromatic nitrogens is 4. The number of nitrogens with zero attached hydrogens (tertiary/aromatic N) is 4. The summed E-state index contributed by atoms with van der Waals surface area (Å²) in [4.78, 5) is 15.5. The van der Waals surface area contributed by atoms with Crippen LogP contribution in [0.25, 0.3) is 106 Å². The average molecular weight is 757 g/mol. The number of para-hydroxylation sites is 1. The summed E-state index contributed by atoms with van der Waals surface area (Å²) in [5.41, 5.74) is 15.3. The van der Waals surface area contributed by atoms with Crippen molar-refractivity contribution in [3.8, 4) is 62.1 Å². The van der Waals surface area contributed by atoms with Crippen LogP contribution in [0.5, 0.6) is 0 Å². The molecule has 278 valence electrons. The van der Waals surface area contributed by atoms with Crippen LogP contribution in [0.4, 0.5) is 0 Å². The van der Waals surface area contributed by atoms with E-state index in [1.54, 1.807) is 0 Å². The molecule has 0 amide bonds. The second-order valence-electron chi connectivity index (χ2n) is 16.0. The third-order valence-electron chi connectivity index (χ3n) is 12.3. The number of rotatable bonds is 5. The van der Waals surface area contributed by atoms with E-state index >= 15 is 0 Å². The zero-order valence-electron chi connectivity index (χ0n) is 32.5. The van der Waals surface area contributed by atoms with E-state index in [2.05, 4.69) is 176 Å². The van der Waals surface area contributed by atoms with Crippen LogP contribution in [-0.4, -0.2) is 19.5 Å². The van der Waals surface area contributed by atoms with E-state index in [4.69, 9.17) is 19.4 Å². The van der Waals surface area contributed by atoms with Gasteiger partial charge in [-0.15, -0.1) is 0 Å². The van der Waals surface area contributed by atoms with E-state index in [1.165, 1.54) is 27.8 Å². The fourth-order valence-corrected chi connectivity index (χ4v) is 9.37. The van der Waals surface area contributed by atoms with Gasteiger partial charge >= 0.3 is 0 Å². The first-order valence-corrected chi connectivity index (χ1v) is 20.1. The quantitative estimate of drug-likeness (QED) is 0.175. The molecular formula is C54H36N4O. The minimum Gasteiger partial charge on any atom is -0.456 e. The molecule has 0 saturated heterocycles. The van der Waals surface area contributed by atoms with Crippen LogP contribution < -0.4 is 0 Å². The van der Waals surface area contributed by atoms with E-state index in [-0.39, 0.29) is 5.41 Å². The van der Waals surface area contributed by atoms with Crippen molar-refractivity contribution in [2.45, 2.75) is 19.3 Å². The number of benzene rings is 8. The molecule has 0 saturated carbocycles. The molecule has 0 fully saturated rings. The summed E-state index contributed by atoms with van der Waals surface area (Å²) in [6.07, 6.45) is 0. The second kappa shape index (κ2) is 12.7. The molecule has 0 atom stereocenters. The van der Waals surface area contributed by atoms with Crippen molar-refractivity contribution in [3.05, 3.63) is 193 Å². The Balaban J connectivity index is 1.07. The smallest absolute Gasteiger partial charge is 0.238 e. The Morgan fingerprint density at radius 1 is 0.407 bits per heavy atom. The molecule has 1 aliphatic carbocycles. The van der Waals surface area contributed by atoms with Crippen LogP contribution in [0.3, 0.4) is 0 Å². The van der Waals surface area contributed by atoms with Gasteiger partial charge < -0.3 is 4.42 Å². The van der Waals surface area contributed by atoms with Crippen LogP contribution in [0.15, 0.2) is 186 Å². The minimum absolute atomic E-state index is 0.110. The molecular weight excluding hydrogens is 721 g/mol. The average Bonchev–Trinajstić information content (AvgIpc) is 3.91. The highest BCUT2D eigenvalue weighted by molar-refractivity contribution is 6.16. The lowest BCUT2D eigenvalue weighted by atomic mass is 9.82. The molecule has 12 rings (SSSR count). The highest BCUT2D eigenvalue weighted by Gasteiger charge is 2.36. The van der Waals surface area contributed by atoms with Gasteiger partial charge in [-0.3, -0.25) is 4.57 Å². The maximum absolute atomic E-state index is 6.67. The lowest BCUT2D eigenvalue weighted by Gasteiger charge is -2.21. The van der Waals surface area contributed by atoms with E-state index in [0.29, 0.717) is 17.6 Å². The summed E-state index contributed by atoms with van der Waals surface area (Å²) >= 11 is 0. The third kappa shape index (κ3) is 5.14. The number of hydrogen-bond acceptors (Lipinski definition) is 4. The van der Waals surface area contributed by atoms with E-state index in [0.717, 1.165) is 71.6 Å². The lowest BCUT2D eigenvalue weighted by Crippen LogP contribution is -2.14. The Kier molecular flexibility index (Phi) is 7.20. The number of fused-ring (bicyclic) bond motifs is 9. The van der Waals surface area contributed by atoms with Crippen LogP contribution in [0, 0.1) is 0 Å². The van der Waals surface area contributed by atoms with Gasteiger partial charge in [0.2, 0.25) is 5.95 Å². The van der Waals surface area contributed by atoms with Crippen molar-refractivity contribution in [2.75, 3.05) is 0 Å². The molecule has 0 aliphatic heterocycles. The maximum Gasteiger partial charge on any atom is 0.238 e. The van der Waals surface area contributed by atoms with Gasteiger partial charge in [0, 0.05) is 38.1 Å². The fourth-order valence-electron chi connectivity index (χ4n) is 9.37. The predicted octanol–water partition coefficient (Wildman–Crippen LogP) is 13.8. The van der Waals surface area contributed by atoms with Crippen LogP contribution in [-0.2, 0) is 5.41 Å². The molecule has 5 nitrogen and oxygen atoms in total. The first kappa shape index (κ1) is 33.5. The first-order valence-electron chi connectivity index (χ1n) is 20.1. The summed E-state index contributed by atoms with van der Waals surface area (Å²) in [6, 6.07) is 64.1. The second-order valence-corrected chi connectivity index (χ2v) is 16.0. The standard InChI is InChI=1S/C54H36N4O/c1-54(2)44-21-11-9-18-39(44)42-31-43-49(32-45(42)54)59-48-23-13-20-38(50(43)48)37-28-29-41-40-19-10-12-22-46(40)58(47(41)30-37)53-56-51(35-16-7-4-8-17-35)55-52(57-53)36-26-24-34(25-27-36)33-14-5-3-6-15-33/h3-32H,1-2H3. The molecule has 3 aromatic heterocycles. The van der Waals surface area contributed by atoms with Gasteiger partial charge in [-0.2, -0.15) is 9.97 Å². The molecule has 8 aromatic carbocycles. The molecule has 0 unspecified atom stereocenters. The van der Waals surface area contributed by atoms with Crippen LogP contribution >= 0.6 is 0 Å². The Morgan fingerprint density at radius 2 is 1.02 bits per heavy atom. The van der Waals surface area contributed by atoms with Crippen LogP contribution in [0.2, 0.25) is 0 Å². The highest BCUT2D eigenvalue weighted by Crippen LogP contribution is 2.51. The van der Waals surface area contributed by atoms with Gasteiger partial charge in [-0.1, -0.05) is 166 Å². The molecule has 0 N–H and O–H groups in total. The van der Waals surface area contributed by atoms with Crippen molar-refractivity contribution >= 4 is 43.7 Å². The molecule has 1 aliphatic rings. The van der Waals surface area contributed by atoms with Gasteiger partial charge in [0.25, 0.3) is 0 Å². The SMILES string of the molecule is CC1(C)c2ccccc2-c2cc3c(cc21)oc1cccc(-c2ccc4c5ccccc5n(-c5nc(-c6ccccc6)nc(-c6ccc(-c7ccccc7)cc6)n5)c4c2)c13. The molecule has 59 heavy (non-hydrogen) atoms. The Labute approximate surface area is 340 Å². The van der Waals surface area contributed by atoms with Crippen molar-refractivity contribution in [1.29, 1.82) is 0 Å². The first-order chi connectivity index (χ1) is 29.0. The topological polar surface area (TPSA) is 56.7 Å². The highest BCUT2D eigenvalue weighted by atomic mass is 16.3. The van der Waals surface area contributed by atoms with Crippen molar-refractivity contribution < 1.29 is 4.42 Å². The summed E-state index contributed by atoms with van der Waals surface area (Å²) in [5.74, 6) is 1.79. The molecule has 0 radical (unpaired) electrons. The van der Waals surface area contributed by atoms with Gasteiger partial charge in [0.15, 0.2) is 11.6 Å². The zero-order valence-corrected chi connectivity index (χ0v) is 32.5. The Morgan fingerprint density at radius 3 is 1.81 bits per heavy atom. The molecule has 0 bridgehead atoms. The largest absolute Gasteiger partial charge is 0.456 e. The van der Waals surface area contributed by atoms with Crippen molar-refractivity contribution in [1.82, 2.24) is 19.5 Å². The number of hydrogen-bond donors (Lipinski definition) is 0. The minimum atomic E-state index is -0.110. The fraction of sp³-hybridized carbons (Fsp3) is 0.0556. The zero-order chi connectivity index (χ0) is 39.2. The lowest BCUT2D eigenvalue weighted by molar-refractivity contribution is 0.647. The van der Waals surface area contributed by atoms with Gasteiger partial charge in [0.05, 0.1) is 11.0 Å².